The van der Waals surface area contributed by atoms with E-state index in [0.717, 1.165) is 103 Å². The molecular formula is C66H114O6. The van der Waals surface area contributed by atoms with Crippen LogP contribution >= 0.6 is 0 Å². The molecule has 0 rings (SSSR count). The van der Waals surface area contributed by atoms with E-state index in [-0.39, 0.29) is 31.1 Å². The first kappa shape index (κ1) is 68.6. The Morgan fingerprint density at radius 2 is 0.542 bits per heavy atom. The quantitative estimate of drug-likeness (QED) is 0.0261. The lowest BCUT2D eigenvalue weighted by molar-refractivity contribution is -0.167. The molecule has 0 bridgehead atoms. The number of carbonyl (C=O) groups is 3. The normalized spacial score (nSPS) is 12.7. The molecule has 0 saturated carbocycles. The molecule has 0 radical (unpaired) electrons. The van der Waals surface area contributed by atoms with Gasteiger partial charge in [0.25, 0.3) is 0 Å². The van der Waals surface area contributed by atoms with E-state index in [4.69, 9.17) is 14.2 Å². The standard InChI is InChI=1S/C66H114O6/c1-4-7-10-13-16-19-22-25-28-30-32-33-34-36-38-41-44-47-50-53-56-59-65(68)71-62-63(61-70-64(67)58-55-52-49-46-43-40-37-27-24-21-18-15-12-9-6-3)72-66(69)60-57-54-51-48-45-42-39-35-31-29-26-23-20-17-14-11-8-5-2/h7,10,16,19,25,27-28,32-33,36-38,44,47,63H,4-6,8-9,11-15,17-18,20-24,26,29-31,34-35,39-43,45-46,48-62H2,1-3H3/b10-7-,19-16-,28-25-,33-32-,37-27-,38-36-,47-44-. The van der Waals surface area contributed by atoms with Gasteiger partial charge in [0.1, 0.15) is 13.2 Å². The van der Waals surface area contributed by atoms with Crippen LogP contribution in [0.2, 0.25) is 0 Å². The Balaban J connectivity index is 4.45. The van der Waals surface area contributed by atoms with Crippen molar-refractivity contribution in [3.8, 4) is 0 Å². The van der Waals surface area contributed by atoms with Gasteiger partial charge in [-0.15, -0.1) is 0 Å². The Morgan fingerprint density at radius 3 is 0.889 bits per heavy atom. The second-order valence-electron chi connectivity index (χ2n) is 20.2. The minimum atomic E-state index is -0.797. The zero-order chi connectivity index (χ0) is 52.2. The van der Waals surface area contributed by atoms with Crippen LogP contribution in [0.25, 0.3) is 0 Å². The van der Waals surface area contributed by atoms with Crippen molar-refractivity contribution in [2.45, 2.75) is 303 Å². The van der Waals surface area contributed by atoms with Crippen LogP contribution in [-0.4, -0.2) is 37.2 Å². The zero-order valence-electron chi connectivity index (χ0n) is 47.4. The Hall–Kier alpha value is -3.41. The van der Waals surface area contributed by atoms with Crippen LogP contribution in [0.4, 0.5) is 0 Å². The lowest BCUT2D eigenvalue weighted by Crippen LogP contribution is -2.30. The maximum absolute atomic E-state index is 12.9. The predicted octanol–water partition coefficient (Wildman–Crippen LogP) is 20.7. The summed E-state index contributed by atoms with van der Waals surface area (Å²) >= 11 is 0. The second-order valence-corrected chi connectivity index (χ2v) is 20.2. The highest BCUT2D eigenvalue weighted by molar-refractivity contribution is 5.71. The summed E-state index contributed by atoms with van der Waals surface area (Å²) in [5.41, 5.74) is 0. The number of rotatable bonds is 55. The van der Waals surface area contributed by atoms with Crippen LogP contribution in [-0.2, 0) is 28.6 Å². The van der Waals surface area contributed by atoms with Gasteiger partial charge in [0.15, 0.2) is 6.10 Å². The molecule has 72 heavy (non-hydrogen) atoms. The highest BCUT2D eigenvalue weighted by atomic mass is 16.6. The summed E-state index contributed by atoms with van der Waals surface area (Å²) in [4.78, 5) is 38.2. The van der Waals surface area contributed by atoms with Gasteiger partial charge in [-0.1, -0.05) is 266 Å². The Kier molecular flexibility index (Phi) is 57.3. The molecule has 0 N–H and O–H groups in total. The summed E-state index contributed by atoms with van der Waals surface area (Å²) in [5.74, 6) is -0.933. The first-order valence-corrected chi connectivity index (χ1v) is 30.6. The van der Waals surface area contributed by atoms with Gasteiger partial charge in [0.05, 0.1) is 0 Å². The van der Waals surface area contributed by atoms with Crippen molar-refractivity contribution in [2.75, 3.05) is 13.2 Å². The zero-order valence-corrected chi connectivity index (χ0v) is 47.4. The van der Waals surface area contributed by atoms with Crippen LogP contribution in [0.1, 0.15) is 297 Å². The van der Waals surface area contributed by atoms with E-state index in [1.807, 2.05) is 0 Å². The smallest absolute Gasteiger partial charge is 0.306 e. The molecular weight excluding hydrogens is 889 g/mol. The van der Waals surface area contributed by atoms with E-state index in [9.17, 15) is 14.4 Å². The molecule has 414 valence electrons. The largest absolute Gasteiger partial charge is 0.462 e. The van der Waals surface area contributed by atoms with Crippen molar-refractivity contribution in [3.63, 3.8) is 0 Å². The van der Waals surface area contributed by atoms with Crippen molar-refractivity contribution in [1.29, 1.82) is 0 Å². The minimum absolute atomic E-state index is 0.0925. The fourth-order valence-corrected chi connectivity index (χ4v) is 8.56. The molecule has 0 aromatic heterocycles. The SMILES string of the molecule is CC/C=C\C/C=C\C/C=C\C/C=C\C/C=C\C/C=C\CCCCC(=O)OCC(COC(=O)CCCCCCC/C=C\CCCCCCCC)OC(=O)CCCCCCCCCCCCCCCCCCCC. The molecule has 0 aromatic rings. The van der Waals surface area contributed by atoms with Gasteiger partial charge in [-0.25, -0.2) is 0 Å². The van der Waals surface area contributed by atoms with Gasteiger partial charge >= 0.3 is 17.9 Å². The van der Waals surface area contributed by atoms with Crippen molar-refractivity contribution in [2.24, 2.45) is 0 Å². The molecule has 0 aliphatic rings. The van der Waals surface area contributed by atoms with E-state index in [2.05, 4.69) is 106 Å². The van der Waals surface area contributed by atoms with Crippen LogP contribution in [0.15, 0.2) is 85.1 Å². The van der Waals surface area contributed by atoms with Crippen LogP contribution in [0, 0.1) is 0 Å². The number of allylic oxidation sites excluding steroid dienone is 14. The number of hydrogen-bond acceptors (Lipinski definition) is 6. The number of ether oxygens (including phenoxy) is 3. The second kappa shape index (κ2) is 60.1. The topological polar surface area (TPSA) is 78.9 Å². The molecule has 6 heteroatoms. The third-order valence-electron chi connectivity index (χ3n) is 13.1. The Bertz CT molecular complexity index is 1380. The van der Waals surface area contributed by atoms with E-state index in [1.54, 1.807) is 0 Å². The van der Waals surface area contributed by atoms with Gasteiger partial charge in [0.2, 0.25) is 0 Å². The monoisotopic (exact) mass is 1000 g/mol. The molecule has 1 atom stereocenters. The highest BCUT2D eigenvalue weighted by Crippen LogP contribution is 2.16. The molecule has 0 heterocycles. The number of esters is 3. The van der Waals surface area contributed by atoms with E-state index >= 15 is 0 Å². The van der Waals surface area contributed by atoms with Crippen molar-refractivity contribution >= 4 is 17.9 Å². The fourth-order valence-electron chi connectivity index (χ4n) is 8.56. The molecule has 6 nitrogen and oxygen atoms in total. The van der Waals surface area contributed by atoms with Crippen molar-refractivity contribution in [3.05, 3.63) is 85.1 Å². The van der Waals surface area contributed by atoms with E-state index in [0.29, 0.717) is 19.3 Å². The number of carbonyl (C=O) groups excluding carboxylic acids is 3. The van der Waals surface area contributed by atoms with Gasteiger partial charge in [-0.05, 0) is 96.3 Å². The van der Waals surface area contributed by atoms with Crippen LogP contribution < -0.4 is 0 Å². The molecule has 0 saturated heterocycles. The number of hydrogen-bond donors (Lipinski definition) is 0. The molecule has 0 fully saturated rings. The van der Waals surface area contributed by atoms with Gasteiger partial charge < -0.3 is 14.2 Å². The van der Waals surface area contributed by atoms with Crippen LogP contribution in [0.5, 0.6) is 0 Å². The lowest BCUT2D eigenvalue weighted by atomic mass is 10.0. The average molecular weight is 1000 g/mol. The summed E-state index contributed by atoms with van der Waals surface area (Å²) in [6.45, 7) is 6.51. The van der Waals surface area contributed by atoms with Gasteiger partial charge in [0, 0.05) is 19.3 Å². The Labute approximate surface area is 445 Å². The van der Waals surface area contributed by atoms with Crippen molar-refractivity contribution < 1.29 is 28.6 Å². The molecule has 0 aromatic carbocycles. The summed E-state index contributed by atoms with van der Waals surface area (Å²) in [7, 11) is 0. The molecule has 0 amide bonds. The maximum atomic E-state index is 12.9. The third-order valence-corrected chi connectivity index (χ3v) is 13.1. The van der Waals surface area contributed by atoms with Gasteiger partial charge in [-0.2, -0.15) is 0 Å². The highest BCUT2D eigenvalue weighted by Gasteiger charge is 2.19. The fraction of sp³-hybridized carbons (Fsp3) is 0.742. The summed E-state index contributed by atoms with van der Waals surface area (Å²) in [5, 5.41) is 0. The summed E-state index contributed by atoms with van der Waals surface area (Å²) in [6.07, 6.45) is 78.6. The summed E-state index contributed by atoms with van der Waals surface area (Å²) in [6, 6.07) is 0. The van der Waals surface area contributed by atoms with E-state index in [1.165, 1.54) is 154 Å². The summed E-state index contributed by atoms with van der Waals surface area (Å²) < 4.78 is 16.9. The predicted molar refractivity (Wildman–Crippen MR) is 311 cm³/mol. The Morgan fingerprint density at radius 1 is 0.292 bits per heavy atom. The number of unbranched alkanes of at least 4 members (excludes halogenated alkanes) is 30. The molecule has 0 spiro atoms. The first-order valence-electron chi connectivity index (χ1n) is 30.6. The van der Waals surface area contributed by atoms with Crippen molar-refractivity contribution in [1.82, 2.24) is 0 Å². The lowest BCUT2D eigenvalue weighted by Gasteiger charge is -2.18. The first-order chi connectivity index (χ1) is 35.5. The van der Waals surface area contributed by atoms with Gasteiger partial charge in [-0.3, -0.25) is 14.4 Å². The third kappa shape index (κ3) is 57.5. The molecule has 0 aliphatic heterocycles. The molecule has 1 unspecified atom stereocenters. The minimum Gasteiger partial charge on any atom is -0.462 e. The van der Waals surface area contributed by atoms with Crippen LogP contribution in [0.3, 0.4) is 0 Å². The molecule has 0 aliphatic carbocycles. The maximum Gasteiger partial charge on any atom is 0.306 e. The average Bonchev–Trinajstić information content (AvgIpc) is 3.38. The van der Waals surface area contributed by atoms with E-state index < -0.39 is 6.10 Å².